The molecular weight excluding hydrogens is 347 g/mol. The van der Waals surface area contributed by atoms with Crippen LogP contribution in [0.15, 0.2) is 41.0 Å². The summed E-state index contributed by atoms with van der Waals surface area (Å²) in [7, 11) is 0. The molecule has 6 nitrogen and oxygen atoms in total. The fraction of sp³-hybridized carbons (Fsp3) is 0.143. The highest BCUT2D eigenvalue weighted by atomic mass is 32.1. The van der Waals surface area contributed by atoms with Crippen LogP contribution in [0.3, 0.4) is 0 Å². The van der Waals surface area contributed by atoms with Crippen LogP contribution in [-0.2, 0) is 0 Å². The Morgan fingerprint density at radius 3 is 2.38 bits per heavy atom. The minimum Gasteiger partial charge on any atom is -0.469 e. The molecule has 0 radical (unpaired) electrons. The van der Waals surface area contributed by atoms with Crippen molar-refractivity contribution >= 4 is 28.9 Å². The monoisotopic (exact) mass is 359 g/mol. The van der Waals surface area contributed by atoms with Gasteiger partial charge >= 0.3 is 6.36 Å². The quantitative estimate of drug-likeness (QED) is 0.578. The summed E-state index contributed by atoms with van der Waals surface area (Å²) in [6.45, 7) is 1.63. The summed E-state index contributed by atoms with van der Waals surface area (Å²) >= 11 is 4.97. The number of hydrogen-bond donors (Lipinski definition) is 3. The van der Waals surface area contributed by atoms with E-state index in [1.807, 2.05) is 0 Å². The highest BCUT2D eigenvalue weighted by Crippen LogP contribution is 2.23. The highest BCUT2D eigenvalue weighted by molar-refractivity contribution is 7.80. The molecular formula is C14H12F3N3O3S. The van der Waals surface area contributed by atoms with Crippen LogP contribution in [0.25, 0.3) is 0 Å². The van der Waals surface area contributed by atoms with Crippen molar-refractivity contribution in [3.8, 4) is 5.75 Å². The molecule has 1 amide bonds. The van der Waals surface area contributed by atoms with Crippen molar-refractivity contribution in [1.82, 2.24) is 10.9 Å². The maximum Gasteiger partial charge on any atom is 0.573 e. The van der Waals surface area contributed by atoms with E-state index in [0.29, 0.717) is 17.0 Å². The van der Waals surface area contributed by atoms with Crippen LogP contribution in [0.5, 0.6) is 5.75 Å². The lowest BCUT2D eigenvalue weighted by molar-refractivity contribution is -0.274. The second kappa shape index (κ2) is 7.21. The second-order valence-electron chi connectivity index (χ2n) is 4.50. The zero-order valence-electron chi connectivity index (χ0n) is 12.2. The maximum atomic E-state index is 12.1. The number of ether oxygens (including phenoxy) is 1. The van der Waals surface area contributed by atoms with E-state index in [1.54, 1.807) is 6.92 Å². The number of alkyl halides is 3. The molecule has 128 valence electrons. The fourth-order valence-electron chi connectivity index (χ4n) is 1.70. The Hall–Kier alpha value is -2.75. The average Bonchev–Trinajstić information content (AvgIpc) is 2.91. The molecule has 0 fully saturated rings. The van der Waals surface area contributed by atoms with Crippen molar-refractivity contribution in [1.29, 1.82) is 0 Å². The molecule has 2 rings (SSSR count). The number of rotatable bonds is 3. The van der Waals surface area contributed by atoms with Crippen molar-refractivity contribution in [2.75, 3.05) is 5.32 Å². The van der Waals surface area contributed by atoms with Crippen molar-refractivity contribution in [3.05, 3.63) is 47.9 Å². The third kappa shape index (κ3) is 5.16. The van der Waals surface area contributed by atoms with Crippen LogP contribution in [0.1, 0.15) is 16.1 Å². The number of carbonyl (C=O) groups is 1. The molecule has 1 aromatic heterocycles. The fourth-order valence-corrected chi connectivity index (χ4v) is 1.87. The molecule has 0 saturated heterocycles. The molecule has 0 aliphatic carbocycles. The van der Waals surface area contributed by atoms with E-state index in [9.17, 15) is 18.0 Å². The molecule has 0 saturated carbocycles. The Morgan fingerprint density at radius 1 is 1.17 bits per heavy atom. The zero-order chi connectivity index (χ0) is 17.7. The first-order valence-corrected chi connectivity index (χ1v) is 6.92. The van der Waals surface area contributed by atoms with Crippen LogP contribution in [0.4, 0.5) is 18.9 Å². The third-order valence-corrected chi connectivity index (χ3v) is 2.94. The summed E-state index contributed by atoms with van der Waals surface area (Å²) in [5.41, 5.74) is 5.59. The molecule has 1 aromatic carbocycles. The summed E-state index contributed by atoms with van der Waals surface area (Å²) in [4.78, 5) is 11.8. The van der Waals surface area contributed by atoms with Crippen molar-refractivity contribution < 1.29 is 27.1 Å². The van der Waals surface area contributed by atoms with E-state index in [2.05, 4.69) is 20.9 Å². The van der Waals surface area contributed by atoms with Gasteiger partial charge in [0.25, 0.3) is 5.91 Å². The summed E-state index contributed by atoms with van der Waals surface area (Å²) in [6, 6.07) is 6.45. The number of thiocarbonyl (C=S) groups is 1. The van der Waals surface area contributed by atoms with Crippen LogP contribution in [-0.4, -0.2) is 17.4 Å². The number of halogens is 3. The first-order valence-electron chi connectivity index (χ1n) is 6.52. The van der Waals surface area contributed by atoms with Gasteiger partial charge in [0.05, 0.1) is 11.8 Å². The molecule has 0 unspecified atom stereocenters. The predicted molar refractivity (Wildman–Crippen MR) is 83.4 cm³/mol. The minimum absolute atomic E-state index is 0.0500. The van der Waals surface area contributed by atoms with Crippen molar-refractivity contribution in [2.24, 2.45) is 0 Å². The summed E-state index contributed by atoms with van der Waals surface area (Å²) in [5.74, 6) is -0.344. The number of aryl methyl sites for hydroxylation is 1. The van der Waals surface area contributed by atoms with Gasteiger partial charge in [-0.3, -0.25) is 15.6 Å². The first kappa shape index (κ1) is 17.6. The number of nitrogens with one attached hydrogen (secondary N) is 3. The molecule has 0 spiro atoms. The number of amides is 1. The van der Waals surface area contributed by atoms with Gasteiger partial charge < -0.3 is 14.5 Å². The number of furan rings is 1. The zero-order valence-corrected chi connectivity index (χ0v) is 13.0. The SMILES string of the molecule is Cc1occc1C(=O)NNC(=S)Nc1ccc(OC(F)(F)F)cc1. The Bertz CT molecular complexity index is 729. The summed E-state index contributed by atoms with van der Waals surface area (Å²) < 4.78 is 44.9. The lowest BCUT2D eigenvalue weighted by Crippen LogP contribution is -2.43. The molecule has 3 N–H and O–H groups in total. The Labute approximate surface area is 139 Å². The number of hydrogen-bond acceptors (Lipinski definition) is 4. The van der Waals surface area contributed by atoms with E-state index in [4.69, 9.17) is 16.6 Å². The minimum atomic E-state index is -4.75. The largest absolute Gasteiger partial charge is 0.573 e. The first-order chi connectivity index (χ1) is 11.2. The Balaban J connectivity index is 1.84. The Kier molecular flexibility index (Phi) is 5.29. The van der Waals surface area contributed by atoms with E-state index in [0.717, 1.165) is 12.1 Å². The Morgan fingerprint density at radius 2 is 1.83 bits per heavy atom. The van der Waals surface area contributed by atoms with Gasteiger partial charge in [-0.25, -0.2) is 0 Å². The van der Waals surface area contributed by atoms with Gasteiger partial charge in [0.2, 0.25) is 0 Å². The lowest BCUT2D eigenvalue weighted by atomic mass is 10.2. The molecule has 0 aliphatic rings. The molecule has 0 bridgehead atoms. The van der Waals surface area contributed by atoms with Gasteiger partial charge in [0, 0.05) is 5.69 Å². The number of hydrazine groups is 1. The van der Waals surface area contributed by atoms with Gasteiger partial charge in [0.1, 0.15) is 11.5 Å². The lowest BCUT2D eigenvalue weighted by Gasteiger charge is -2.12. The van der Waals surface area contributed by atoms with Crippen LogP contribution >= 0.6 is 12.2 Å². The standard InChI is InChI=1S/C14H12F3N3O3S/c1-8-11(6-7-22-8)12(21)19-20-13(24)18-9-2-4-10(5-3-9)23-14(15,16)17/h2-7H,1H3,(H,19,21)(H2,18,20,24). The van der Waals surface area contributed by atoms with E-state index < -0.39 is 12.3 Å². The van der Waals surface area contributed by atoms with Gasteiger partial charge in [0.15, 0.2) is 5.11 Å². The van der Waals surface area contributed by atoms with Crippen LogP contribution in [0, 0.1) is 6.92 Å². The van der Waals surface area contributed by atoms with E-state index in [1.165, 1.54) is 24.5 Å². The van der Waals surface area contributed by atoms with Gasteiger partial charge in [-0.15, -0.1) is 13.2 Å². The van der Waals surface area contributed by atoms with E-state index in [-0.39, 0.29) is 10.9 Å². The number of carbonyl (C=O) groups excluding carboxylic acids is 1. The van der Waals surface area contributed by atoms with E-state index >= 15 is 0 Å². The maximum absolute atomic E-state index is 12.1. The third-order valence-electron chi connectivity index (χ3n) is 2.74. The van der Waals surface area contributed by atoms with Crippen molar-refractivity contribution in [3.63, 3.8) is 0 Å². The highest BCUT2D eigenvalue weighted by Gasteiger charge is 2.30. The normalized spacial score (nSPS) is 10.8. The molecule has 0 aliphatic heterocycles. The topological polar surface area (TPSA) is 75.5 Å². The molecule has 1 heterocycles. The number of benzene rings is 1. The molecule has 2 aromatic rings. The van der Waals surface area contributed by atoms with Crippen LogP contribution in [0.2, 0.25) is 0 Å². The molecule has 24 heavy (non-hydrogen) atoms. The van der Waals surface area contributed by atoms with Gasteiger partial charge in [-0.05, 0) is 49.5 Å². The average molecular weight is 359 g/mol. The van der Waals surface area contributed by atoms with Gasteiger partial charge in [-0.2, -0.15) is 0 Å². The second-order valence-corrected chi connectivity index (χ2v) is 4.90. The smallest absolute Gasteiger partial charge is 0.469 e. The summed E-state index contributed by atoms with van der Waals surface area (Å²) in [6.07, 6.45) is -3.37. The summed E-state index contributed by atoms with van der Waals surface area (Å²) in [5, 5.41) is 2.74. The molecule has 0 atom stereocenters. The molecule has 10 heteroatoms. The van der Waals surface area contributed by atoms with Gasteiger partial charge in [-0.1, -0.05) is 0 Å². The number of anilines is 1. The van der Waals surface area contributed by atoms with Crippen LogP contribution < -0.4 is 20.9 Å². The predicted octanol–water partition coefficient (Wildman–Crippen LogP) is 3.12. The van der Waals surface area contributed by atoms with Crippen molar-refractivity contribution in [2.45, 2.75) is 13.3 Å².